The Labute approximate surface area is 554 Å². The van der Waals surface area contributed by atoms with Crippen molar-refractivity contribution in [1.29, 1.82) is 0 Å². The lowest BCUT2D eigenvalue weighted by molar-refractivity contribution is 0.673. The Morgan fingerprint density at radius 3 is 1.53 bits per heavy atom. The molecule has 6 heterocycles. The van der Waals surface area contributed by atoms with Gasteiger partial charge in [0.1, 0.15) is 11.2 Å². The first-order valence-electron chi connectivity index (χ1n) is 32.2. The van der Waals surface area contributed by atoms with E-state index in [1.807, 2.05) is 103 Å². The molecule has 11 heteroatoms. The highest BCUT2D eigenvalue weighted by atomic mass is 16.3. The van der Waals surface area contributed by atoms with E-state index in [2.05, 4.69) is 234 Å². The van der Waals surface area contributed by atoms with Gasteiger partial charge in [0.05, 0.1) is 22.1 Å². The third-order valence-electron chi connectivity index (χ3n) is 18.6. The number of nitrogens with zero attached hydrogens (tertiary/aromatic N) is 9. The molecule has 96 heavy (non-hydrogen) atoms. The van der Waals surface area contributed by atoms with Crippen LogP contribution in [0.5, 0.6) is 0 Å². The van der Waals surface area contributed by atoms with Crippen LogP contribution in [0.2, 0.25) is 0 Å². The van der Waals surface area contributed by atoms with Crippen molar-refractivity contribution in [3.05, 3.63) is 327 Å². The Morgan fingerprint density at radius 2 is 0.885 bits per heavy atom. The molecule has 12 aromatic carbocycles. The second-order valence-electron chi connectivity index (χ2n) is 24.2. The monoisotopic (exact) mass is 1230 g/mol. The van der Waals surface area contributed by atoms with Crippen LogP contribution in [0.3, 0.4) is 0 Å². The predicted octanol–water partition coefficient (Wildman–Crippen LogP) is 19.8. The van der Waals surface area contributed by atoms with Crippen LogP contribution in [0.15, 0.2) is 332 Å². The first-order valence-corrected chi connectivity index (χ1v) is 32.2. The smallest absolute Gasteiger partial charge is 0.247 e. The highest BCUT2D eigenvalue weighted by Crippen LogP contribution is 2.48. The molecular formula is C85H56BN9O. The van der Waals surface area contributed by atoms with Crippen LogP contribution in [0.1, 0.15) is 6.92 Å². The summed E-state index contributed by atoms with van der Waals surface area (Å²) >= 11 is 0. The topological polar surface area (TPSA) is 102 Å². The summed E-state index contributed by atoms with van der Waals surface area (Å²) < 4.78 is 9.15. The summed E-state index contributed by atoms with van der Waals surface area (Å²) in [5.41, 5.74) is 21.6. The molecule has 0 amide bonds. The maximum absolute atomic E-state index is 6.84. The summed E-state index contributed by atoms with van der Waals surface area (Å²) in [7, 11) is 0. The van der Waals surface area contributed by atoms with Crippen LogP contribution in [0, 0.1) is 0 Å². The van der Waals surface area contributed by atoms with E-state index >= 15 is 0 Å². The summed E-state index contributed by atoms with van der Waals surface area (Å²) in [5, 5.41) is 4.18. The molecule has 450 valence electrons. The van der Waals surface area contributed by atoms with Gasteiger partial charge in [0.2, 0.25) is 6.71 Å². The van der Waals surface area contributed by atoms with E-state index in [9.17, 15) is 0 Å². The summed E-state index contributed by atoms with van der Waals surface area (Å²) in [6, 6.07) is 102. The van der Waals surface area contributed by atoms with Gasteiger partial charge in [-0.25, -0.2) is 29.9 Å². The van der Waals surface area contributed by atoms with Crippen molar-refractivity contribution in [2.75, 3.05) is 9.80 Å². The van der Waals surface area contributed by atoms with Crippen molar-refractivity contribution >= 4 is 89.8 Å². The minimum absolute atomic E-state index is 0.0323. The highest BCUT2D eigenvalue weighted by molar-refractivity contribution is 6.95. The zero-order chi connectivity index (χ0) is 63.8. The lowest BCUT2D eigenvalue weighted by atomic mass is 9.33. The van der Waals surface area contributed by atoms with E-state index in [4.69, 9.17) is 34.3 Å². The number of furan rings is 1. The fourth-order valence-electron chi connectivity index (χ4n) is 14.3. The SMILES string of the molecule is C=C/C=C\C1=C(C)B2c3ccccc3N(c3ccccc3)c3cc(-c4cccc(-c5nc(-c6ccccc6)nc(-c6cc(-c7nc(-c8ccccc8)nc(-c8ccccc8)n7)ccc6-n6c7ccccc7c7c8oc9ccccc9c8ccc76)n5)c4)cc(c32)N1c1ccccc1. The lowest BCUT2D eigenvalue weighted by Crippen LogP contribution is -2.55. The van der Waals surface area contributed by atoms with Gasteiger partial charge in [-0.1, -0.05) is 224 Å². The molecule has 2 aliphatic heterocycles. The van der Waals surface area contributed by atoms with Crippen LogP contribution >= 0.6 is 0 Å². The van der Waals surface area contributed by atoms with Gasteiger partial charge >= 0.3 is 0 Å². The first-order chi connectivity index (χ1) is 47.5. The zero-order valence-electron chi connectivity index (χ0n) is 52.2. The summed E-state index contributed by atoms with van der Waals surface area (Å²) in [4.78, 5) is 37.1. The van der Waals surface area contributed by atoms with Gasteiger partial charge < -0.3 is 18.8 Å². The Hall–Kier alpha value is -12.9. The Balaban J connectivity index is 0.876. The molecule has 0 fully saturated rings. The van der Waals surface area contributed by atoms with Gasteiger partial charge in [0.15, 0.2) is 34.9 Å². The fraction of sp³-hybridized carbons (Fsp3) is 0.0118. The van der Waals surface area contributed by atoms with Crippen molar-refractivity contribution in [2.24, 2.45) is 0 Å². The summed E-state index contributed by atoms with van der Waals surface area (Å²) in [6.07, 6.45) is 6.11. The Bertz CT molecular complexity index is 5770. The molecule has 16 aromatic rings. The molecule has 18 rings (SSSR count). The Kier molecular flexibility index (Phi) is 13.4. The van der Waals surface area contributed by atoms with Crippen LogP contribution < -0.4 is 20.7 Å². The van der Waals surface area contributed by atoms with Crippen LogP contribution in [0.4, 0.5) is 28.4 Å². The minimum atomic E-state index is -0.0323. The van der Waals surface area contributed by atoms with E-state index in [0.717, 1.165) is 128 Å². The number of hydrogen-bond donors (Lipinski definition) is 0. The maximum atomic E-state index is 6.84. The summed E-state index contributed by atoms with van der Waals surface area (Å²) in [6.45, 7) is 6.37. The van der Waals surface area contributed by atoms with Crippen molar-refractivity contribution < 1.29 is 4.42 Å². The van der Waals surface area contributed by atoms with Gasteiger partial charge in [0, 0.05) is 83.7 Å². The normalized spacial score (nSPS) is 12.7. The second-order valence-corrected chi connectivity index (χ2v) is 24.2. The molecule has 4 aromatic heterocycles. The lowest BCUT2D eigenvalue weighted by Gasteiger charge is -2.44. The highest BCUT2D eigenvalue weighted by Gasteiger charge is 2.43. The molecule has 10 nitrogen and oxygen atoms in total. The third kappa shape index (κ3) is 9.35. The zero-order valence-corrected chi connectivity index (χ0v) is 52.2. The minimum Gasteiger partial charge on any atom is -0.455 e. The molecule has 0 atom stereocenters. The Morgan fingerprint density at radius 1 is 0.375 bits per heavy atom. The number of allylic oxidation sites excluding steroid dienone is 4. The molecule has 0 radical (unpaired) electrons. The molecule has 0 unspecified atom stereocenters. The van der Waals surface area contributed by atoms with Gasteiger partial charge in [-0.15, -0.1) is 0 Å². The van der Waals surface area contributed by atoms with Gasteiger partial charge in [0.25, 0.3) is 0 Å². The summed E-state index contributed by atoms with van der Waals surface area (Å²) in [5.74, 6) is 3.09. The molecule has 2 aliphatic rings. The van der Waals surface area contributed by atoms with Crippen molar-refractivity contribution in [3.8, 4) is 85.1 Å². The average Bonchev–Trinajstić information content (AvgIpc) is 1.18. The molecule has 0 bridgehead atoms. The van der Waals surface area contributed by atoms with Gasteiger partial charge in [-0.2, -0.15) is 0 Å². The quantitative estimate of drug-likeness (QED) is 0.0874. The third-order valence-corrected chi connectivity index (χ3v) is 18.6. The number of aromatic nitrogens is 7. The first kappa shape index (κ1) is 55.9. The number of anilines is 5. The molecular weight excluding hydrogens is 1170 g/mol. The largest absolute Gasteiger partial charge is 0.455 e. The standard InChI is InChI=1S/C85H56BN9O/c1-3-4-42-69-54(2)86-68-41-22-24-44-72(68)94(63-37-18-9-19-38-63)75-53-61(52-74(78(75)86)93(69)62-35-16-8-17-36-62)58-33-26-34-59(50-58)83-90-82(57-31-14-7-15-32-57)91-85(92-83)67-51-60(84-88-80(55-27-10-5-11-28-55)87-81(89-84)56-29-12-6-13-30-56)46-48-71(67)95-70-43-23-20-40-66(70)77-73(95)49-47-65-64-39-21-25-45-76(64)96-79(65)77/h3-53H,1H2,2H3/b42-4-. The van der Waals surface area contributed by atoms with Crippen molar-refractivity contribution in [2.45, 2.75) is 6.92 Å². The van der Waals surface area contributed by atoms with Crippen LogP contribution in [-0.2, 0) is 0 Å². The fourth-order valence-corrected chi connectivity index (χ4v) is 14.3. The number of rotatable bonds is 12. The number of hydrogen-bond acceptors (Lipinski definition) is 9. The van der Waals surface area contributed by atoms with E-state index in [0.29, 0.717) is 34.9 Å². The van der Waals surface area contributed by atoms with Gasteiger partial charge in [-0.05, 0) is 126 Å². The number of para-hydroxylation sites is 5. The van der Waals surface area contributed by atoms with E-state index < -0.39 is 0 Å². The molecule has 0 N–H and O–H groups in total. The van der Waals surface area contributed by atoms with E-state index in [-0.39, 0.29) is 6.71 Å². The van der Waals surface area contributed by atoms with Crippen LogP contribution in [0.25, 0.3) is 129 Å². The van der Waals surface area contributed by atoms with Crippen LogP contribution in [-0.4, -0.2) is 41.2 Å². The number of benzene rings is 12. The predicted molar refractivity (Wildman–Crippen MR) is 393 cm³/mol. The van der Waals surface area contributed by atoms with E-state index in [1.165, 1.54) is 16.4 Å². The van der Waals surface area contributed by atoms with E-state index in [1.54, 1.807) is 0 Å². The van der Waals surface area contributed by atoms with Crippen molar-refractivity contribution in [1.82, 2.24) is 34.5 Å². The molecule has 0 aliphatic carbocycles. The van der Waals surface area contributed by atoms with Gasteiger partial charge in [-0.3, -0.25) is 0 Å². The number of fused-ring (bicyclic) bond motifs is 9. The second kappa shape index (κ2) is 23.1. The maximum Gasteiger partial charge on any atom is 0.247 e. The molecule has 0 saturated carbocycles. The molecule has 0 saturated heterocycles. The van der Waals surface area contributed by atoms with Crippen molar-refractivity contribution in [3.63, 3.8) is 0 Å². The average molecular weight is 1230 g/mol. The molecule has 0 spiro atoms.